The van der Waals surface area contributed by atoms with Crippen LogP contribution in [-0.2, 0) is 6.61 Å². The van der Waals surface area contributed by atoms with Crippen molar-refractivity contribution in [2.24, 2.45) is 0 Å². The van der Waals surface area contributed by atoms with E-state index in [4.69, 9.17) is 39.5 Å². The summed E-state index contributed by atoms with van der Waals surface area (Å²) in [5.74, 6) is 0.426. The number of ether oxygens (including phenoxy) is 1. The predicted octanol–water partition coefficient (Wildman–Crippen LogP) is 5.80. The Labute approximate surface area is 139 Å². The van der Waals surface area contributed by atoms with Crippen LogP contribution < -0.4 is 4.74 Å². The molecule has 0 amide bonds. The summed E-state index contributed by atoms with van der Waals surface area (Å²) in [5.41, 5.74) is 1.14. The first-order valence-corrected chi connectivity index (χ1v) is 7.45. The van der Waals surface area contributed by atoms with Crippen molar-refractivity contribution in [2.45, 2.75) is 6.61 Å². The van der Waals surface area contributed by atoms with Gasteiger partial charge in [0.15, 0.2) is 6.29 Å². The van der Waals surface area contributed by atoms with E-state index in [-0.39, 0.29) is 6.61 Å². The Morgan fingerprint density at radius 1 is 1.10 bits per heavy atom. The van der Waals surface area contributed by atoms with Gasteiger partial charge in [0, 0.05) is 20.6 Å². The van der Waals surface area contributed by atoms with Gasteiger partial charge in [-0.15, -0.1) is 0 Å². The number of hydrogen-bond acceptors (Lipinski definition) is 2. The van der Waals surface area contributed by atoms with Gasteiger partial charge in [-0.25, -0.2) is 0 Å². The van der Waals surface area contributed by atoms with Crippen molar-refractivity contribution in [2.75, 3.05) is 0 Å². The van der Waals surface area contributed by atoms with E-state index in [0.29, 0.717) is 37.1 Å². The minimum Gasteiger partial charge on any atom is -0.487 e. The Hall–Kier alpha value is -0.740. The molecule has 0 heterocycles. The largest absolute Gasteiger partial charge is 0.487 e. The quantitative estimate of drug-likeness (QED) is 0.613. The molecule has 0 aliphatic heterocycles. The van der Waals surface area contributed by atoms with Crippen molar-refractivity contribution in [3.8, 4) is 5.75 Å². The molecule has 0 radical (unpaired) electrons. The summed E-state index contributed by atoms with van der Waals surface area (Å²) in [5, 5.41) is 1.52. The molecule has 0 saturated heterocycles. The molecule has 0 aliphatic rings. The van der Waals surface area contributed by atoms with Crippen LogP contribution in [0.3, 0.4) is 0 Å². The van der Waals surface area contributed by atoms with Gasteiger partial charge in [0.25, 0.3) is 0 Å². The number of aldehydes is 1. The molecule has 20 heavy (non-hydrogen) atoms. The lowest BCUT2D eigenvalue weighted by Crippen LogP contribution is -2.00. The number of carbonyl (C=O) groups excluding carboxylic acids is 1. The van der Waals surface area contributed by atoms with Crippen LogP contribution >= 0.6 is 50.7 Å². The third-order valence-corrected chi connectivity index (χ3v) is 3.95. The molecule has 0 bridgehead atoms. The number of rotatable bonds is 4. The normalized spacial score (nSPS) is 10.4. The third-order valence-electron chi connectivity index (χ3n) is 2.55. The Balaban J connectivity index is 2.25. The lowest BCUT2D eigenvalue weighted by molar-refractivity contribution is 0.111. The molecule has 0 atom stereocenters. The summed E-state index contributed by atoms with van der Waals surface area (Å²) in [6.45, 7) is 0.219. The molecule has 0 unspecified atom stereocenters. The summed E-state index contributed by atoms with van der Waals surface area (Å²) >= 11 is 21.1. The van der Waals surface area contributed by atoms with E-state index in [1.54, 1.807) is 24.3 Å². The first-order chi connectivity index (χ1) is 9.51. The van der Waals surface area contributed by atoms with Gasteiger partial charge in [-0.1, -0.05) is 40.9 Å². The van der Waals surface area contributed by atoms with Gasteiger partial charge in [-0.05, 0) is 40.2 Å². The average molecular weight is 394 g/mol. The number of carbonyl (C=O) groups is 1. The molecule has 0 aliphatic carbocycles. The summed E-state index contributed by atoms with van der Waals surface area (Å²) in [4.78, 5) is 11.1. The molecule has 2 rings (SSSR count). The lowest BCUT2D eigenvalue weighted by Gasteiger charge is -2.12. The van der Waals surface area contributed by atoms with Gasteiger partial charge in [0.2, 0.25) is 0 Å². The van der Waals surface area contributed by atoms with E-state index < -0.39 is 0 Å². The minimum absolute atomic E-state index is 0.219. The van der Waals surface area contributed by atoms with Gasteiger partial charge in [-0.2, -0.15) is 0 Å². The van der Waals surface area contributed by atoms with Crippen LogP contribution in [0.15, 0.2) is 34.8 Å². The standard InChI is InChI=1S/C14H8BrCl3O2/c15-12-4-11(17)3-9(6-19)14(12)20-7-8-1-2-10(16)5-13(8)18/h1-6H,7H2. The second kappa shape index (κ2) is 6.81. The summed E-state index contributed by atoms with van der Waals surface area (Å²) < 4.78 is 6.26. The van der Waals surface area contributed by atoms with Crippen molar-refractivity contribution in [1.82, 2.24) is 0 Å². The second-order valence-electron chi connectivity index (χ2n) is 3.95. The SMILES string of the molecule is O=Cc1cc(Cl)cc(Br)c1OCc1ccc(Cl)cc1Cl. The van der Waals surface area contributed by atoms with E-state index in [2.05, 4.69) is 15.9 Å². The van der Waals surface area contributed by atoms with Crippen molar-refractivity contribution >= 4 is 57.0 Å². The Kier molecular flexibility index (Phi) is 5.33. The first kappa shape index (κ1) is 15.6. The first-order valence-electron chi connectivity index (χ1n) is 5.52. The maximum absolute atomic E-state index is 11.1. The van der Waals surface area contributed by atoms with Crippen molar-refractivity contribution in [3.63, 3.8) is 0 Å². The third kappa shape index (κ3) is 3.67. The van der Waals surface area contributed by atoms with Gasteiger partial charge < -0.3 is 4.74 Å². The van der Waals surface area contributed by atoms with E-state index >= 15 is 0 Å². The predicted molar refractivity (Wildman–Crippen MR) is 85.3 cm³/mol. The van der Waals surface area contributed by atoms with E-state index in [1.165, 1.54) is 6.07 Å². The fourth-order valence-corrected chi connectivity index (χ4v) is 3.02. The van der Waals surface area contributed by atoms with Gasteiger partial charge in [0.1, 0.15) is 12.4 Å². The zero-order valence-corrected chi connectivity index (χ0v) is 13.9. The fourth-order valence-electron chi connectivity index (χ4n) is 1.61. The average Bonchev–Trinajstić information content (AvgIpc) is 2.38. The summed E-state index contributed by atoms with van der Waals surface area (Å²) in [7, 11) is 0. The Morgan fingerprint density at radius 3 is 2.50 bits per heavy atom. The zero-order chi connectivity index (χ0) is 14.7. The molecule has 104 valence electrons. The van der Waals surface area contributed by atoms with Crippen LogP contribution in [0, 0.1) is 0 Å². The molecule has 2 nitrogen and oxygen atoms in total. The topological polar surface area (TPSA) is 26.3 Å². The molecular weight excluding hydrogens is 386 g/mol. The van der Waals surface area contributed by atoms with Crippen LogP contribution in [0.5, 0.6) is 5.75 Å². The Morgan fingerprint density at radius 2 is 1.85 bits per heavy atom. The molecular formula is C14H8BrCl3O2. The number of halogens is 4. The monoisotopic (exact) mass is 392 g/mol. The highest BCUT2D eigenvalue weighted by Gasteiger charge is 2.11. The number of benzene rings is 2. The Bertz CT molecular complexity index is 659. The molecule has 0 spiro atoms. The van der Waals surface area contributed by atoms with Gasteiger partial charge in [0.05, 0.1) is 10.0 Å². The summed E-state index contributed by atoms with van der Waals surface area (Å²) in [6, 6.07) is 8.34. The van der Waals surface area contributed by atoms with Gasteiger partial charge >= 0.3 is 0 Å². The van der Waals surface area contributed by atoms with E-state index in [9.17, 15) is 4.79 Å². The van der Waals surface area contributed by atoms with Gasteiger partial charge in [-0.3, -0.25) is 4.79 Å². The molecule has 2 aromatic carbocycles. The number of hydrogen-bond donors (Lipinski definition) is 0. The van der Waals surface area contributed by atoms with E-state index in [1.807, 2.05) is 0 Å². The molecule has 0 saturated carbocycles. The maximum atomic E-state index is 11.1. The fraction of sp³-hybridized carbons (Fsp3) is 0.0714. The highest BCUT2D eigenvalue weighted by atomic mass is 79.9. The lowest BCUT2D eigenvalue weighted by atomic mass is 10.2. The van der Waals surface area contributed by atoms with Crippen molar-refractivity contribution < 1.29 is 9.53 Å². The molecule has 0 aromatic heterocycles. The van der Waals surface area contributed by atoms with E-state index in [0.717, 1.165) is 5.56 Å². The summed E-state index contributed by atoms with van der Waals surface area (Å²) in [6.07, 6.45) is 0.690. The smallest absolute Gasteiger partial charge is 0.153 e. The highest BCUT2D eigenvalue weighted by molar-refractivity contribution is 9.10. The maximum Gasteiger partial charge on any atom is 0.153 e. The van der Waals surface area contributed by atoms with Crippen LogP contribution in [0.4, 0.5) is 0 Å². The van der Waals surface area contributed by atoms with Crippen LogP contribution in [0.25, 0.3) is 0 Å². The van der Waals surface area contributed by atoms with Crippen LogP contribution in [-0.4, -0.2) is 6.29 Å². The minimum atomic E-state index is 0.219. The van der Waals surface area contributed by atoms with Crippen LogP contribution in [0.2, 0.25) is 15.1 Å². The molecule has 6 heteroatoms. The molecule has 2 aromatic rings. The second-order valence-corrected chi connectivity index (χ2v) is 6.08. The van der Waals surface area contributed by atoms with Crippen molar-refractivity contribution in [3.05, 3.63) is 61.0 Å². The zero-order valence-electron chi connectivity index (χ0n) is 10.00. The van der Waals surface area contributed by atoms with Crippen LogP contribution in [0.1, 0.15) is 15.9 Å². The molecule has 0 fully saturated rings. The highest BCUT2D eigenvalue weighted by Crippen LogP contribution is 2.33. The van der Waals surface area contributed by atoms with Crippen molar-refractivity contribution in [1.29, 1.82) is 0 Å². The molecule has 0 N–H and O–H groups in total.